The molecular weight excluding hydrogens is 442 g/mol. The minimum atomic E-state index is -1.23. The first-order chi connectivity index (χ1) is 16.0. The van der Waals surface area contributed by atoms with Gasteiger partial charge >= 0.3 is 0 Å². The summed E-state index contributed by atoms with van der Waals surface area (Å²) in [6, 6.07) is 20.9. The van der Waals surface area contributed by atoms with Crippen LogP contribution >= 0.6 is 11.6 Å². The Hall–Kier alpha value is -4.30. The van der Waals surface area contributed by atoms with Crippen molar-refractivity contribution in [1.29, 1.82) is 0 Å². The number of carbonyl (C=O) groups excluding carboxylic acids is 2. The maximum atomic E-state index is 13.1. The Kier molecular flexibility index (Phi) is 6.56. The van der Waals surface area contributed by atoms with Crippen LogP contribution < -0.4 is 16.3 Å². The van der Waals surface area contributed by atoms with Crippen molar-refractivity contribution < 1.29 is 9.59 Å². The number of nitrogens with one attached hydrogen (secondary N) is 3. The first kappa shape index (κ1) is 21.9. The summed E-state index contributed by atoms with van der Waals surface area (Å²) in [4.78, 5) is 38.1. The standard InChI is InChI=1S/C24H18ClN5O3/c25-19-13-7-4-10-16(19)14-26-29-24(33)21(27-22(31)15-8-2-1-3-9-15)20-17-11-5-6-12-18(17)23(32)30-28-20/h1-14,21H,(H,27,31)(H,29,33)(H,30,32). The van der Waals surface area contributed by atoms with Gasteiger partial charge in [-0.2, -0.15) is 10.2 Å². The maximum absolute atomic E-state index is 13.1. The third-order valence-corrected chi connectivity index (χ3v) is 5.20. The molecule has 8 nitrogen and oxygen atoms in total. The minimum Gasteiger partial charge on any atom is -0.335 e. The Labute approximate surface area is 193 Å². The number of hydrogen-bond acceptors (Lipinski definition) is 5. The van der Waals surface area contributed by atoms with Gasteiger partial charge in [-0.05, 0) is 24.3 Å². The minimum absolute atomic E-state index is 0.180. The predicted molar refractivity (Wildman–Crippen MR) is 126 cm³/mol. The van der Waals surface area contributed by atoms with Crippen LogP contribution in [-0.2, 0) is 4.79 Å². The van der Waals surface area contributed by atoms with Crippen LogP contribution in [0.15, 0.2) is 88.8 Å². The van der Waals surface area contributed by atoms with Gasteiger partial charge in [-0.15, -0.1) is 0 Å². The highest BCUT2D eigenvalue weighted by molar-refractivity contribution is 6.33. The molecule has 0 spiro atoms. The lowest BCUT2D eigenvalue weighted by Crippen LogP contribution is -2.40. The number of amides is 2. The molecule has 0 bridgehead atoms. The second kappa shape index (κ2) is 9.88. The van der Waals surface area contributed by atoms with Crippen LogP contribution in [0.5, 0.6) is 0 Å². The second-order valence-electron chi connectivity index (χ2n) is 7.01. The number of fused-ring (bicyclic) bond motifs is 1. The van der Waals surface area contributed by atoms with Crippen molar-refractivity contribution >= 4 is 40.4 Å². The van der Waals surface area contributed by atoms with Gasteiger partial charge in [0.15, 0.2) is 6.04 Å². The van der Waals surface area contributed by atoms with E-state index in [9.17, 15) is 14.4 Å². The Bertz CT molecular complexity index is 1400. The first-order valence-electron chi connectivity index (χ1n) is 9.95. The van der Waals surface area contributed by atoms with E-state index < -0.39 is 23.4 Å². The van der Waals surface area contributed by atoms with Crippen LogP contribution in [0, 0.1) is 0 Å². The highest BCUT2D eigenvalue weighted by Crippen LogP contribution is 2.20. The number of nitrogens with zero attached hydrogens (tertiary/aromatic N) is 2. The summed E-state index contributed by atoms with van der Waals surface area (Å²) in [5.74, 6) is -1.13. The van der Waals surface area contributed by atoms with Gasteiger partial charge < -0.3 is 5.32 Å². The smallest absolute Gasteiger partial charge is 0.272 e. The van der Waals surface area contributed by atoms with Gasteiger partial charge in [0.05, 0.1) is 11.6 Å². The Morgan fingerprint density at radius 1 is 0.939 bits per heavy atom. The van der Waals surface area contributed by atoms with Crippen LogP contribution in [-0.4, -0.2) is 28.2 Å². The molecule has 0 aliphatic carbocycles. The zero-order valence-corrected chi connectivity index (χ0v) is 17.9. The lowest BCUT2D eigenvalue weighted by Gasteiger charge is -2.18. The summed E-state index contributed by atoms with van der Waals surface area (Å²) in [5.41, 5.74) is 3.17. The van der Waals surface area contributed by atoms with Gasteiger partial charge in [0.25, 0.3) is 17.4 Å². The van der Waals surface area contributed by atoms with Crippen LogP contribution in [0.2, 0.25) is 5.02 Å². The van der Waals surface area contributed by atoms with Crippen LogP contribution in [0.1, 0.15) is 27.7 Å². The van der Waals surface area contributed by atoms with E-state index in [2.05, 4.69) is 26.0 Å². The van der Waals surface area contributed by atoms with Crippen molar-refractivity contribution in [2.75, 3.05) is 0 Å². The zero-order chi connectivity index (χ0) is 23.2. The van der Waals surface area contributed by atoms with Crippen molar-refractivity contribution in [1.82, 2.24) is 20.9 Å². The van der Waals surface area contributed by atoms with Crippen LogP contribution in [0.25, 0.3) is 10.8 Å². The van der Waals surface area contributed by atoms with Crippen molar-refractivity contribution in [3.63, 3.8) is 0 Å². The molecule has 0 fully saturated rings. The monoisotopic (exact) mass is 459 g/mol. The van der Waals surface area contributed by atoms with E-state index in [0.717, 1.165) is 0 Å². The summed E-state index contributed by atoms with van der Waals surface area (Å²) in [5, 5.41) is 14.4. The molecular formula is C24H18ClN5O3. The Morgan fingerprint density at radius 2 is 1.61 bits per heavy atom. The number of benzene rings is 3. The van der Waals surface area contributed by atoms with E-state index in [1.807, 2.05) is 0 Å². The molecule has 3 N–H and O–H groups in total. The number of rotatable bonds is 6. The summed E-state index contributed by atoms with van der Waals surface area (Å²) >= 11 is 6.11. The van der Waals surface area contributed by atoms with E-state index >= 15 is 0 Å². The molecule has 0 radical (unpaired) electrons. The fraction of sp³-hybridized carbons (Fsp3) is 0.0417. The van der Waals surface area contributed by atoms with Gasteiger partial charge in [-0.3, -0.25) is 14.4 Å². The molecule has 0 saturated heterocycles. The average Bonchev–Trinajstić information content (AvgIpc) is 2.85. The van der Waals surface area contributed by atoms with E-state index in [4.69, 9.17) is 11.6 Å². The van der Waals surface area contributed by atoms with Crippen LogP contribution in [0.3, 0.4) is 0 Å². The molecule has 1 unspecified atom stereocenters. The van der Waals surface area contributed by atoms with Gasteiger partial charge in [-0.25, -0.2) is 10.5 Å². The van der Waals surface area contributed by atoms with E-state index in [-0.39, 0.29) is 5.69 Å². The van der Waals surface area contributed by atoms with Crippen LogP contribution in [0.4, 0.5) is 0 Å². The summed E-state index contributed by atoms with van der Waals surface area (Å²) in [6.07, 6.45) is 1.40. The summed E-state index contributed by atoms with van der Waals surface area (Å²) in [7, 11) is 0. The lowest BCUT2D eigenvalue weighted by atomic mass is 10.0. The number of carbonyl (C=O) groups is 2. The maximum Gasteiger partial charge on any atom is 0.272 e. The van der Waals surface area contributed by atoms with Gasteiger partial charge in [-0.1, -0.05) is 66.2 Å². The topological polar surface area (TPSA) is 116 Å². The Morgan fingerprint density at radius 3 is 2.36 bits per heavy atom. The molecule has 164 valence electrons. The summed E-state index contributed by atoms with van der Waals surface area (Å²) < 4.78 is 0. The average molecular weight is 460 g/mol. The molecule has 4 aromatic rings. The van der Waals surface area contributed by atoms with E-state index in [1.165, 1.54) is 6.21 Å². The molecule has 0 aliphatic rings. The number of hydrogen-bond donors (Lipinski definition) is 3. The number of halogens is 1. The van der Waals surface area contributed by atoms with Gasteiger partial charge in [0.2, 0.25) is 0 Å². The van der Waals surface area contributed by atoms with Crippen molar-refractivity contribution in [3.8, 4) is 0 Å². The normalized spacial score (nSPS) is 11.9. The predicted octanol–water partition coefficient (Wildman–Crippen LogP) is 3.20. The molecule has 1 aromatic heterocycles. The summed E-state index contributed by atoms with van der Waals surface area (Å²) in [6.45, 7) is 0. The number of aromatic amines is 1. The highest BCUT2D eigenvalue weighted by Gasteiger charge is 2.27. The molecule has 2 amide bonds. The molecule has 3 aromatic carbocycles. The molecule has 0 aliphatic heterocycles. The van der Waals surface area contributed by atoms with E-state index in [0.29, 0.717) is 26.9 Å². The SMILES string of the molecule is O=C(NC(C(=O)NN=Cc1ccccc1Cl)c1n[nH]c(=O)c2ccccc12)c1ccccc1. The molecule has 4 rings (SSSR count). The third kappa shape index (κ3) is 4.97. The molecule has 9 heteroatoms. The van der Waals surface area contributed by atoms with Crippen molar-refractivity contribution in [2.24, 2.45) is 5.10 Å². The number of H-pyrrole nitrogens is 1. The highest BCUT2D eigenvalue weighted by atomic mass is 35.5. The van der Waals surface area contributed by atoms with Crippen molar-refractivity contribution in [2.45, 2.75) is 6.04 Å². The van der Waals surface area contributed by atoms with Crippen molar-refractivity contribution in [3.05, 3.63) is 111 Å². The largest absolute Gasteiger partial charge is 0.335 e. The lowest BCUT2D eigenvalue weighted by molar-refractivity contribution is -0.123. The zero-order valence-electron chi connectivity index (χ0n) is 17.2. The molecule has 0 saturated carbocycles. The first-order valence-corrected chi connectivity index (χ1v) is 10.3. The fourth-order valence-corrected chi connectivity index (χ4v) is 3.41. The number of hydrazone groups is 1. The molecule has 1 atom stereocenters. The second-order valence-corrected chi connectivity index (χ2v) is 7.42. The quantitative estimate of drug-likeness (QED) is 0.303. The molecule has 1 heterocycles. The van der Waals surface area contributed by atoms with Gasteiger partial charge in [0, 0.05) is 21.5 Å². The van der Waals surface area contributed by atoms with E-state index in [1.54, 1.807) is 78.9 Å². The fourth-order valence-electron chi connectivity index (χ4n) is 3.23. The van der Waals surface area contributed by atoms with Gasteiger partial charge in [0.1, 0.15) is 5.69 Å². The molecule has 33 heavy (non-hydrogen) atoms. The third-order valence-electron chi connectivity index (χ3n) is 4.86. The number of aromatic nitrogens is 2. The Balaban J connectivity index is 1.68.